The van der Waals surface area contributed by atoms with Crippen LogP contribution >= 0.6 is 0 Å². The third kappa shape index (κ3) is 4.90. The smallest absolute Gasteiger partial charge is 0.337 e. The van der Waals surface area contributed by atoms with Crippen LogP contribution in [0.2, 0.25) is 0 Å². The maximum atomic E-state index is 12.0. The second kappa shape index (κ2) is 9.33. The van der Waals surface area contributed by atoms with Crippen LogP contribution in [-0.2, 0) is 25.5 Å². The van der Waals surface area contributed by atoms with Crippen LogP contribution in [0.15, 0.2) is 35.9 Å². The average Bonchev–Trinajstić information content (AvgIpc) is 2.63. The number of benzene rings is 1. The predicted molar refractivity (Wildman–Crippen MR) is 93.4 cm³/mol. The molecule has 0 radical (unpaired) electrons. The number of nitrogens with zero attached hydrogens (tertiary/aromatic N) is 1. The van der Waals surface area contributed by atoms with Gasteiger partial charge in [0, 0.05) is 6.42 Å². The lowest BCUT2D eigenvalue weighted by atomic mass is 9.91. The molecule has 0 bridgehead atoms. The zero-order chi connectivity index (χ0) is 18.2. The molecule has 2 rings (SSSR count). The maximum absolute atomic E-state index is 12.0. The van der Waals surface area contributed by atoms with Gasteiger partial charge in [0.25, 0.3) is 17.7 Å². The zero-order valence-electron chi connectivity index (χ0n) is 13.9. The topological polar surface area (TPSA) is 93.1 Å². The highest BCUT2D eigenvalue weighted by atomic mass is 32.2. The molecule has 25 heavy (non-hydrogen) atoms. The highest BCUT2D eigenvalue weighted by molar-refractivity contribution is 7.80. The molecule has 8 heteroatoms. The Balaban J connectivity index is 2.25. The van der Waals surface area contributed by atoms with Gasteiger partial charge in [0.1, 0.15) is 0 Å². The van der Waals surface area contributed by atoms with Crippen molar-refractivity contribution in [3.63, 3.8) is 0 Å². The lowest BCUT2D eigenvalue weighted by molar-refractivity contribution is -0.128. The summed E-state index contributed by atoms with van der Waals surface area (Å²) >= 11 is -2.23. The van der Waals surface area contributed by atoms with Crippen molar-refractivity contribution in [1.82, 2.24) is 0 Å². The first kappa shape index (κ1) is 19.1. The molecule has 1 aliphatic rings. The highest BCUT2D eigenvalue weighted by Crippen LogP contribution is 2.31. The highest BCUT2D eigenvalue weighted by Gasteiger charge is 2.28. The van der Waals surface area contributed by atoms with E-state index in [1.807, 2.05) is 6.08 Å². The fourth-order valence-electron chi connectivity index (χ4n) is 2.92. The van der Waals surface area contributed by atoms with Crippen molar-refractivity contribution in [1.29, 1.82) is 0 Å². The van der Waals surface area contributed by atoms with Gasteiger partial charge in [-0.05, 0) is 49.1 Å². The largest absolute Gasteiger partial charge is 0.468 e. The van der Waals surface area contributed by atoms with Crippen molar-refractivity contribution >= 4 is 29.4 Å². The Morgan fingerprint density at radius 3 is 2.72 bits per heavy atom. The Kier molecular flexibility index (Phi) is 7.15. The molecule has 2 unspecified atom stereocenters. The summed E-state index contributed by atoms with van der Waals surface area (Å²) in [7, 11) is 1.30. The van der Waals surface area contributed by atoms with Crippen LogP contribution in [0.25, 0.3) is 0 Å². The van der Waals surface area contributed by atoms with Gasteiger partial charge in [0.15, 0.2) is 0 Å². The number of allylic oxidation sites excluding steroid dienone is 1. The van der Waals surface area contributed by atoms with Gasteiger partial charge in [-0.25, -0.2) is 9.00 Å². The number of hydrogen-bond acceptors (Lipinski definition) is 5. The van der Waals surface area contributed by atoms with Crippen LogP contribution in [0.1, 0.15) is 36.0 Å². The molecule has 1 aromatic rings. The summed E-state index contributed by atoms with van der Waals surface area (Å²) < 4.78 is 32.6. The summed E-state index contributed by atoms with van der Waals surface area (Å²) in [5.41, 5.74) is 1.86. The molecule has 0 aliphatic heterocycles. The molecule has 0 heterocycles. The summed E-state index contributed by atoms with van der Waals surface area (Å²) in [5, 5.41) is 0. The second-order valence-electron chi connectivity index (χ2n) is 5.54. The molecule has 1 N–H and O–H groups in total. The van der Waals surface area contributed by atoms with E-state index in [1.165, 1.54) is 11.4 Å². The van der Waals surface area contributed by atoms with Gasteiger partial charge in [0.2, 0.25) is 0 Å². The van der Waals surface area contributed by atoms with E-state index in [-0.39, 0.29) is 12.6 Å². The molecular weight excluding hydrogens is 346 g/mol. The molecule has 0 fully saturated rings. The van der Waals surface area contributed by atoms with Crippen LogP contribution in [0, 0.1) is 0 Å². The molecular formula is C17H21NO6S. The minimum absolute atomic E-state index is 0.235. The lowest BCUT2D eigenvalue weighted by Crippen LogP contribution is -2.39. The number of hydrogen-bond donors (Lipinski definition) is 1. The molecule has 0 spiro atoms. The molecule has 0 saturated carbocycles. The summed E-state index contributed by atoms with van der Waals surface area (Å²) in [6, 6.07) is 6.09. The zero-order valence-corrected chi connectivity index (χ0v) is 14.7. The van der Waals surface area contributed by atoms with Gasteiger partial charge in [-0.1, -0.05) is 6.08 Å². The Labute approximate surface area is 149 Å². The Hall–Kier alpha value is -2.19. The number of ether oxygens (including phenoxy) is 2. The predicted octanol–water partition coefficient (Wildman–Crippen LogP) is 2.46. The van der Waals surface area contributed by atoms with Crippen molar-refractivity contribution < 1.29 is 27.8 Å². The van der Waals surface area contributed by atoms with Gasteiger partial charge in [-0.15, -0.1) is 0 Å². The molecule has 2 atom stereocenters. The number of carbonyl (C=O) groups is 2. The van der Waals surface area contributed by atoms with E-state index in [2.05, 4.69) is 4.74 Å². The van der Waals surface area contributed by atoms with E-state index >= 15 is 0 Å². The number of methoxy groups -OCH3 is 1. The monoisotopic (exact) mass is 367 g/mol. The van der Waals surface area contributed by atoms with Crippen LogP contribution in [0.3, 0.4) is 0 Å². The van der Waals surface area contributed by atoms with E-state index in [4.69, 9.17) is 4.74 Å². The quantitative estimate of drug-likeness (QED) is 0.249. The van der Waals surface area contributed by atoms with Crippen molar-refractivity contribution in [3.05, 3.63) is 41.5 Å². The second-order valence-corrected chi connectivity index (χ2v) is 6.39. The summed E-state index contributed by atoms with van der Waals surface area (Å²) in [4.78, 5) is 21.9. The molecule has 1 aromatic carbocycles. The molecule has 1 aliphatic carbocycles. The average molecular weight is 367 g/mol. The lowest BCUT2D eigenvalue weighted by Gasteiger charge is -2.34. The van der Waals surface area contributed by atoms with E-state index in [1.54, 1.807) is 24.3 Å². The maximum Gasteiger partial charge on any atom is 0.337 e. The van der Waals surface area contributed by atoms with Crippen molar-refractivity contribution in [2.75, 3.05) is 18.0 Å². The summed E-state index contributed by atoms with van der Waals surface area (Å²) in [6.45, 7) is 0.630. The third-order valence-corrected chi connectivity index (χ3v) is 4.89. The first-order valence-corrected chi connectivity index (χ1v) is 8.97. The normalized spacial score (nSPS) is 18.0. The molecule has 0 saturated heterocycles. The molecule has 7 nitrogen and oxygen atoms in total. The summed E-state index contributed by atoms with van der Waals surface area (Å²) in [6.07, 6.45) is 5.05. The Bertz CT molecular complexity index is 658. The first-order chi connectivity index (χ1) is 12.1. The van der Waals surface area contributed by atoms with Crippen LogP contribution in [0.5, 0.6) is 0 Å². The third-order valence-electron chi connectivity index (χ3n) is 4.09. The number of carbonyl (C=O) groups excluding carboxylic acids is 2. The number of rotatable bonds is 8. The van der Waals surface area contributed by atoms with Crippen LogP contribution in [0.4, 0.5) is 5.69 Å². The van der Waals surface area contributed by atoms with E-state index in [0.717, 1.165) is 24.8 Å². The molecule has 0 amide bonds. The van der Waals surface area contributed by atoms with Gasteiger partial charge in [-0.3, -0.25) is 13.7 Å². The van der Waals surface area contributed by atoms with Crippen molar-refractivity contribution in [3.8, 4) is 0 Å². The minimum Gasteiger partial charge on any atom is -0.468 e. The summed E-state index contributed by atoms with van der Waals surface area (Å²) in [5.74, 6) is -0.465. The minimum atomic E-state index is -2.23. The molecule has 0 aromatic heterocycles. The van der Waals surface area contributed by atoms with Gasteiger partial charge < -0.3 is 9.47 Å². The number of anilines is 1. The van der Waals surface area contributed by atoms with E-state index < -0.39 is 17.2 Å². The SMILES string of the molecule is COC(=O)c1ccc(N(C2CCCC=C2CCOC=O)S(=O)O)cc1. The van der Waals surface area contributed by atoms with Crippen LogP contribution in [-0.4, -0.2) is 41.0 Å². The van der Waals surface area contributed by atoms with E-state index in [9.17, 15) is 18.4 Å². The van der Waals surface area contributed by atoms with Gasteiger partial charge in [-0.2, -0.15) is 0 Å². The van der Waals surface area contributed by atoms with Crippen molar-refractivity contribution in [2.24, 2.45) is 0 Å². The van der Waals surface area contributed by atoms with Crippen LogP contribution < -0.4 is 4.31 Å². The fourth-order valence-corrected chi connectivity index (χ4v) is 3.68. The standard InChI is InChI=1S/C17H21NO6S/c1-23-17(20)14-6-8-15(9-7-14)18(25(21)22)16-5-3-2-4-13(16)10-11-24-12-19/h4,6-9,12,16H,2-3,5,10-11H2,1H3,(H,21,22). The first-order valence-electron chi connectivity index (χ1n) is 7.91. The Morgan fingerprint density at radius 1 is 1.40 bits per heavy atom. The van der Waals surface area contributed by atoms with Gasteiger partial charge in [0.05, 0.1) is 31.0 Å². The van der Waals surface area contributed by atoms with Gasteiger partial charge >= 0.3 is 5.97 Å². The number of esters is 1. The Morgan fingerprint density at radius 2 is 2.12 bits per heavy atom. The van der Waals surface area contributed by atoms with Crippen molar-refractivity contribution in [2.45, 2.75) is 31.7 Å². The van der Waals surface area contributed by atoms with E-state index in [0.29, 0.717) is 24.1 Å². The fraction of sp³-hybridized carbons (Fsp3) is 0.412. The molecule has 136 valence electrons.